The highest BCUT2D eigenvalue weighted by atomic mass is 35.5. The van der Waals surface area contributed by atoms with Crippen LogP contribution in [0.15, 0.2) is 54.9 Å². The summed E-state index contributed by atoms with van der Waals surface area (Å²) in [6, 6.07) is 11.8. The minimum Gasteiger partial charge on any atom is -0.471 e. The van der Waals surface area contributed by atoms with E-state index in [1.54, 1.807) is 21.7 Å². The molecule has 2 aliphatic heterocycles. The SMILES string of the molecule is Cc1cn2nc(C3CCCCN3C(=O)c3cc(Cl)ccc3NS(C)(=O)=O)cc2nc1N1CC(Oc2ccccn2)C1. The number of anilines is 2. The Balaban J connectivity index is 1.24. The zero-order valence-corrected chi connectivity index (χ0v) is 24.3. The van der Waals surface area contributed by atoms with Crippen LogP contribution in [0.1, 0.15) is 46.9 Å². The van der Waals surface area contributed by atoms with E-state index in [0.29, 0.717) is 36.2 Å². The van der Waals surface area contributed by atoms with Crippen molar-refractivity contribution in [3.05, 3.63) is 76.7 Å². The van der Waals surface area contributed by atoms with Crippen molar-refractivity contribution < 1.29 is 17.9 Å². The molecule has 2 saturated heterocycles. The lowest BCUT2D eigenvalue weighted by atomic mass is 9.98. The maximum Gasteiger partial charge on any atom is 0.256 e. The van der Waals surface area contributed by atoms with Crippen molar-refractivity contribution >= 4 is 44.7 Å². The molecule has 0 saturated carbocycles. The number of pyridine rings is 1. The third-order valence-electron chi connectivity index (χ3n) is 7.31. The Bertz CT molecular complexity index is 1710. The van der Waals surface area contributed by atoms with Crippen LogP contribution in [0.4, 0.5) is 11.5 Å². The van der Waals surface area contributed by atoms with Gasteiger partial charge in [0.1, 0.15) is 11.9 Å². The number of likely N-dealkylation sites (tertiary alicyclic amines) is 1. The number of benzene rings is 1. The molecule has 0 aliphatic carbocycles. The van der Waals surface area contributed by atoms with Crippen molar-refractivity contribution in [2.24, 2.45) is 0 Å². The molecule has 1 atom stereocenters. The number of fused-ring (bicyclic) bond motifs is 1. The third-order valence-corrected chi connectivity index (χ3v) is 8.14. The van der Waals surface area contributed by atoms with Crippen LogP contribution >= 0.6 is 11.6 Å². The van der Waals surface area contributed by atoms with Crippen LogP contribution in [0.2, 0.25) is 5.02 Å². The highest BCUT2D eigenvalue weighted by Gasteiger charge is 2.34. The lowest BCUT2D eigenvalue weighted by Crippen LogP contribution is -2.54. The van der Waals surface area contributed by atoms with Crippen LogP contribution in [0.3, 0.4) is 0 Å². The van der Waals surface area contributed by atoms with Crippen LogP contribution in [0, 0.1) is 6.92 Å². The largest absolute Gasteiger partial charge is 0.471 e. The van der Waals surface area contributed by atoms with Gasteiger partial charge in [0.05, 0.1) is 42.3 Å². The minimum absolute atomic E-state index is 0.0400. The van der Waals surface area contributed by atoms with Gasteiger partial charge in [-0.1, -0.05) is 17.7 Å². The molecular formula is C28H30ClN7O4S. The van der Waals surface area contributed by atoms with E-state index in [1.165, 1.54) is 12.1 Å². The summed E-state index contributed by atoms with van der Waals surface area (Å²) in [6.45, 7) is 3.93. The van der Waals surface area contributed by atoms with Crippen molar-refractivity contribution in [1.82, 2.24) is 24.5 Å². The average Bonchev–Trinajstić information content (AvgIpc) is 3.33. The number of nitrogens with zero attached hydrogens (tertiary/aromatic N) is 6. The van der Waals surface area contributed by atoms with Crippen molar-refractivity contribution in [3.8, 4) is 5.88 Å². The molecule has 1 unspecified atom stereocenters. The van der Waals surface area contributed by atoms with Gasteiger partial charge in [0, 0.05) is 41.7 Å². The molecule has 214 valence electrons. The Hall–Kier alpha value is -3.90. The number of sulfonamides is 1. The summed E-state index contributed by atoms with van der Waals surface area (Å²) in [4.78, 5) is 26.9. The number of piperidine rings is 1. The number of carbonyl (C=O) groups is 1. The van der Waals surface area contributed by atoms with Crippen molar-refractivity contribution in [3.63, 3.8) is 0 Å². The van der Waals surface area contributed by atoms with Gasteiger partial charge in [0.2, 0.25) is 15.9 Å². The summed E-state index contributed by atoms with van der Waals surface area (Å²) in [6.07, 6.45) is 7.26. The summed E-state index contributed by atoms with van der Waals surface area (Å²) in [5.41, 5.74) is 2.81. The molecule has 13 heteroatoms. The van der Waals surface area contributed by atoms with Crippen molar-refractivity contribution in [2.45, 2.75) is 38.3 Å². The summed E-state index contributed by atoms with van der Waals surface area (Å²) >= 11 is 6.21. The van der Waals surface area contributed by atoms with Gasteiger partial charge >= 0.3 is 0 Å². The molecule has 6 rings (SSSR count). The van der Waals surface area contributed by atoms with Gasteiger partial charge in [-0.25, -0.2) is 22.9 Å². The van der Waals surface area contributed by atoms with E-state index in [4.69, 9.17) is 26.4 Å². The topological polar surface area (TPSA) is 122 Å². The molecule has 2 aliphatic rings. The van der Waals surface area contributed by atoms with Crippen LogP contribution in [0.5, 0.6) is 5.88 Å². The van der Waals surface area contributed by atoms with Gasteiger partial charge in [0.25, 0.3) is 5.91 Å². The molecule has 0 radical (unpaired) electrons. The van der Waals surface area contributed by atoms with Gasteiger partial charge in [0.15, 0.2) is 5.65 Å². The van der Waals surface area contributed by atoms with Crippen LogP contribution in [-0.4, -0.2) is 70.8 Å². The van der Waals surface area contributed by atoms with Gasteiger partial charge in [-0.2, -0.15) is 5.10 Å². The highest BCUT2D eigenvalue weighted by Crippen LogP contribution is 2.34. The number of carbonyl (C=O) groups excluding carboxylic acids is 1. The van der Waals surface area contributed by atoms with E-state index >= 15 is 0 Å². The molecule has 1 N–H and O–H groups in total. The van der Waals surface area contributed by atoms with Gasteiger partial charge in [-0.15, -0.1) is 0 Å². The summed E-state index contributed by atoms with van der Waals surface area (Å²) in [7, 11) is -3.59. The number of ether oxygens (including phenoxy) is 1. The lowest BCUT2D eigenvalue weighted by Gasteiger charge is -2.40. The van der Waals surface area contributed by atoms with Crippen LogP contribution < -0.4 is 14.4 Å². The zero-order valence-electron chi connectivity index (χ0n) is 22.7. The first kappa shape index (κ1) is 27.3. The maximum absolute atomic E-state index is 13.8. The van der Waals surface area contributed by atoms with E-state index in [1.807, 2.05) is 37.4 Å². The molecule has 1 amide bonds. The minimum atomic E-state index is -3.59. The number of hydrogen-bond acceptors (Lipinski definition) is 8. The van der Waals surface area contributed by atoms with E-state index in [2.05, 4.69) is 14.6 Å². The number of aryl methyl sites for hydroxylation is 1. The summed E-state index contributed by atoms with van der Waals surface area (Å²) < 4.78 is 34.0. The predicted octanol–water partition coefficient (Wildman–Crippen LogP) is 4.09. The third kappa shape index (κ3) is 5.80. The Morgan fingerprint density at radius 1 is 1.15 bits per heavy atom. The van der Waals surface area contributed by atoms with Crippen molar-refractivity contribution in [1.29, 1.82) is 0 Å². The molecule has 41 heavy (non-hydrogen) atoms. The first-order chi connectivity index (χ1) is 19.6. The number of aromatic nitrogens is 4. The number of hydrogen-bond donors (Lipinski definition) is 1. The Morgan fingerprint density at radius 2 is 1.98 bits per heavy atom. The fourth-order valence-electron chi connectivity index (χ4n) is 5.39. The second-order valence-electron chi connectivity index (χ2n) is 10.5. The number of amides is 1. The fourth-order valence-corrected chi connectivity index (χ4v) is 6.14. The highest BCUT2D eigenvalue weighted by molar-refractivity contribution is 7.92. The first-order valence-electron chi connectivity index (χ1n) is 13.4. The molecule has 4 aromatic rings. The van der Waals surface area contributed by atoms with E-state index in [-0.39, 0.29) is 29.3 Å². The zero-order chi connectivity index (χ0) is 28.7. The fraction of sp³-hybridized carbons (Fsp3) is 0.357. The Morgan fingerprint density at radius 3 is 2.73 bits per heavy atom. The molecule has 0 bridgehead atoms. The van der Waals surface area contributed by atoms with E-state index in [9.17, 15) is 13.2 Å². The maximum atomic E-state index is 13.8. The molecule has 1 aromatic carbocycles. The van der Waals surface area contributed by atoms with Crippen LogP contribution in [0.25, 0.3) is 5.65 Å². The normalized spacial score (nSPS) is 17.9. The smallest absolute Gasteiger partial charge is 0.256 e. The quantitative estimate of drug-likeness (QED) is 0.339. The molecule has 11 nitrogen and oxygen atoms in total. The van der Waals surface area contributed by atoms with E-state index < -0.39 is 10.0 Å². The molecule has 2 fully saturated rings. The lowest BCUT2D eigenvalue weighted by molar-refractivity contribution is 0.0607. The second kappa shape index (κ2) is 10.8. The number of rotatable bonds is 7. The number of halogens is 1. The van der Waals surface area contributed by atoms with Gasteiger partial charge in [-0.05, 0) is 50.5 Å². The van der Waals surface area contributed by atoms with E-state index in [0.717, 1.165) is 42.6 Å². The van der Waals surface area contributed by atoms with Crippen molar-refractivity contribution in [2.75, 3.05) is 35.5 Å². The summed E-state index contributed by atoms with van der Waals surface area (Å²) in [5, 5.41) is 5.16. The Labute approximate surface area is 243 Å². The summed E-state index contributed by atoms with van der Waals surface area (Å²) in [5.74, 6) is 1.18. The molecule has 5 heterocycles. The van der Waals surface area contributed by atoms with Gasteiger partial charge < -0.3 is 14.5 Å². The second-order valence-corrected chi connectivity index (χ2v) is 12.7. The molecule has 3 aromatic heterocycles. The molecule has 0 spiro atoms. The standard InChI is InChI=1S/C28H30ClN7O4S/c1-18-15-36-25(31-27(18)34-16-20(17-34)40-26-8-3-5-11-30-26)14-23(32-36)24-7-4-6-12-35(24)28(37)21-13-19(29)9-10-22(21)33-41(2,38)39/h3,5,8-11,13-15,20,24,33H,4,6-7,12,16-17H2,1-2H3. The molecular weight excluding hydrogens is 566 g/mol. The van der Waals surface area contributed by atoms with Crippen LogP contribution in [-0.2, 0) is 10.0 Å². The monoisotopic (exact) mass is 595 g/mol. The number of nitrogens with one attached hydrogen (secondary N) is 1. The average molecular weight is 596 g/mol. The Kier molecular flexibility index (Phi) is 7.20. The first-order valence-corrected chi connectivity index (χ1v) is 15.7. The van der Waals surface area contributed by atoms with Gasteiger partial charge in [-0.3, -0.25) is 9.52 Å². The predicted molar refractivity (Wildman–Crippen MR) is 156 cm³/mol.